The van der Waals surface area contributed by atoms with Crippen LogP contribution in [0.1, 0.15) is 6.42 Å². The first kappa shape index (κ1) is 19.1. The fourth-order valence-corrected chi connectivity index (χ4v) is 1.84. The molecular formula is C8H4F13N. The first-order valence-corrected chi connectivity index (χ1v) is 5.01. The summed E-state index contributed by atoms with van der Waals surface area (Å²) in [5.74, 6) is 0. The second-order valence-corrected chi connectivity index (χ2v) is 4.40. The Bertz CT molecular complexity index is 400. The summed E-state index contributed by atoms with van der Waals surface area (Å²) >= 11 is 0. The molecule has 0 aromatic heterocycles. The highest BCUT2D eigenvalue weighted by molar-refractivity contribution is 5.16. The average molecular weight is 361 g/mol. The van der Waals surface area contributed by atoms with Gasteiger partial charge in [0.05, 0.1) is 0 Å². The van der Waals surface area contributed by atoms with Crippen LogP contribution in [0.25, 0.3) is 0 Å². The van der Waals surface area contributed by atoms with Gasteiger partial charge in [0.25, 0.3) is 11.3 Å². The number of alkyl halides is 13. The van der Waals surface area contributed by atoms with Crippen LogP contribution in [0.15, 0.2) is 0 Å². The molecule has 2 unspecified atom stereocenters. The zero-order chi connectivity index (χ0) is 18.0. The topological polar surface area (TPSA) is 3.24 Å². The molecule has 1 fully saturated rings. The molecule has 1 nitrogen and oxygen atoms in total. The van der Waals surface area contributed by atoms with Crippen molar-refractivity contribution in [2.75, 3.05) is 6.80 Å². The second kappa shape index (κ2) is 4.54. The highest BCUT2D eigenvalue weighted by atomic mass is 19.4. The van der Waals surface area contributed by atoms with E-state index in [-0.39, 0.29) is 0 Å². The maximum Gasteiger partial charge on any atom is 0.430 e. The van der Waals surface area contributed by atoms with Gasteiger partial charge in [0.2, 0.25) is 0 Å². The van der Waals surface area contributed by atoms with Crippen LogP contribution < -0.4 is 0 Å². The van der Waals surface area contributed by atoms with Crippen molar-refractivity contribution < 1.29 is 57.1 Å². The van der Waals surface area contributed by atoms with Gasteiger partial charge >= 0.3 is 24.4 Å². The Morgan fingerprint density at radius 3 is 1.14 bits per heavy atom. The van der Waals surface area contributed by atoms with Crippen LogP contribution in [0.3, 0.4) is 0 Å². The number of rotatable bonds is 1. The van der Waals surface area contributed by atoms with Gasteiger partial charge in [-0.1, -0.05) is 0 Å². The Kier molecular flexibility index (Phi) is 3.94. The normalized spacial score (nSPS) is 36.4. The van der Waals surface area contributed by atoms with Crippen molar-refractivity contribution in [3.8, 4) is 0 Å². The number of piperidine rings is 1. The summed E-state index contributed by atoms with van der Waals surface area (Å²) in [6.07, 6.45) is -17.8. The molecule has 1 aliphatic heterocycles. The maximum absolute atomic E-state index is 13.5. The van der Waals surface area contributed by atoms with Crippen molar-refractivity contribution in [1.82, 2.24) is 4.90 Å². The molecule has 0 aromatic carbocycles. The van der Waals surface area contributed by atoms with Gasteiger partial charge in [0.1, 0.15) is 0 Å². The molecule has 0 bridgehead atoms. The summed E-state index contributed by atoms with van der Waals surface area (Å²) in [6.45, 7) is -3.37. The summed E-state index contributed by atoms with van der Waals surface area (Å²) in [6, 6.07) is -13.0. The molecule has 0 radical (unpaired) electrons. The zero-order valence-corrected chi connectivity index (χ0v) is 9.77. The largest absolute Gasteiger partial charge is 0.430 e. The molecule has 22 heavy (non-hydrogen) atoms. The Morgan fingerprint density at radius 2 is 0.955 bits per heavy atom. The van der Waals surface area contributed by atoms with E-state index in [2.05, 4.69) is 0 Å². The first-order valence-electron chi connectivity index (χ1n) is 5.01. The van der Waals surface area contributed by atoms with E-state index in [1.165, 1.54) is 0 Å². The smallest absolute Gasteiger partial charge is 0.233 e. The second-order valence-electron chi connectivity index (χ2n) is 4.40. The van der Waals surface area contributed by atoms with E-state index in [4.69, 9.17) is 0 Å². The highest BCUT2D eigenvalue weighted by Gasteiger charge is 2.90. The molecule has 1 aliphatic rings. The van der Waals surface area contributed by atoms with Crippen molar-refractivity contribution >= 4 is 0 Å². The van der Waals surface area contributed by atoms with Crippen LogP contribution in [-0.4, -0.2) is 47.5 Å². The lowest BCUT2D eigenvalue weighted by Crippen LogP contribution is -2.80. The van der Waals surface area contributed by atoms with Gasteiger partial charge in [0, 0.05) is 6.42 Å². The Balaban J connectivity index is 3.70. The predicted octanol–water partition coefficient (Wildman–Crippen LogP) is 4.35. The van der Waals surface area contributed by atoms with E-state index in [1.807, 2.05) is 0 Å². The molecule has 1 rings (SSSR count). The molecule has 2 atom stereocenters. The minimum atomic E-state index is -6.89. The van der Waals surface area contributed by atoms with Crippen LogP contribution in [0.4, 0.5) is 57.1 Å². The van der Waals surface area contributed by atoms with E-state index in [9.17, 15) is 57.1 Å². The number of nitrogens with zero attached hydrogens (tertiary/aromatic N) is 1. The third-order valence-corrected chi connectivity index (χ3v) is 3.14. The van der Waals surface area contributed by atoms with Gasteiger partial charge in [-0.3, -0.25) is 0 Å². The van der Waals surface area contributed by atoms with Crippen LogP contribution in [0.2, 0.25) is 0 Å². The van der Waals surface area contributed by atoms with Crippen LogP contribution in [0.5, 0.6) is 0 Å². The summed E-state index contributed by atoms with van der Waals surface area (Å²) in [5.41, 5.74) is -12.8. The standard InChI is InChI=1S/C8H4F13N/c9-2-22-7(18,19)3(10,5(12,13)14)1-4(11,6(15,16)17)8(22,20)21/h1-2H2. The van der Waals surface area contributed by atoms with Gasteiger partial charge in [-0.2, -0.15) is 43.9 Å². The van der Waals surface area contributed by atoms with E-state index in [0.717, 1.165) is 0 Å². The third-order valence-electron chi connectivity index (χ3n) is 3.14. The molecule has 132 valence electrons. The summed E-state index contributed by atoms with van der Waals surface area (Å²) in [5, 5.41) is 0. The third kappa shape index (κ3) is 2.05. The molecule has 0 aliphatic carbocycles. The van der Waals surface area contributed by atoms with Crippen molar-refractivity contribution in [3.05, 3.63) is 0 Å². The van der Waals surface area contributed by atoms with E-state index in [1.54, 1.807) is 0 Å². The molecule has 0 spiro atoms. The van der Waals surface area contributed by atoms with Gasteiger partial charge in [-0.25, -0.2) is 13.2 Å². The van der Waals surface area contributed by atoms with Crippen LogP contribution in [-0.2, 0) is 0 Å². The van der Waals surface area contributed by atoms with Crippen molar-refractivity contribution in [2.45, 2.75) is 42.2 Å². The van der Waals surface area contributed by atoms with Crippen molar-refractivity contribution in [2.24, 2.45) is 0 Å². The quantitative estimate of drug-likeness (QED) is 0.496. The summed E-state index contributed by atoms with van der Waals surface area (Å²) in [7, 11) is 0. The Morgan fingerprint density at radius 1 is 0.682 bits per heavy atom. The van der Waals surface area contributed by atoms with Crippen molar-refractivity contribution in [1.29, 1.82) is 0 Å². The zero-order valence-electron chi connectivity index (χ0n) is 9.77. The van der Waals surface area contributed by atoms with Crippen molar-refractivity contribution in [3.63, 3.8) is 0 Å². The van der Waals surface area contributed by atoms with Gasteiger partial charge in [0.15, 0.2) is 6.80 Å². The van der Waals surface area contributed by atoms with Gasteiger partial charge < -0.3 is 0 Å². The fraction of sp³-hybridized carbons (Fsp3) is 1.00. The molecule has 0 amide bonds. The summed E-state index contributed by atoms with van der Waals surface area (Å²) < 4.78 is 166. The number of likely N-dealkylation sites (tertiary alicyclic amines) is 1. The SMILES string of the molecule is FCN1C(F)(F)C(F)(C(F)(F)F)CC(F)(C(F)(F)F)C1(F)F. The Labute approximate surface area is 112 Å². The predicted molar refractivity (Wildman–Crippen MR) is 42.1 cm³/mol. The van der Waals surface area contributed by atoms with Crippen LogP contribution >= 0.6 is 0 Å². The molecule has 0 saturated carbocycles. The molecule has 1 saturated heterocycles. The Hall–Kier alpha value is -0.950. The molecular weight excluding hydrogens is 357 g/mol. The molecule has 0 aromatic rings. The lowest BCUT2D eigenvalue weighted by molar-refractivity contribution is -0.467. The molecule has 0 N–H and O–H groups in total. The van der Waals surface area contributed by atoms with Gasteiger partial charge in [-0.05, 0) is 0 Å². The lowest BCUT2D eigenvalue weighted by atomic mass is 9.79. The minimum Gasteiger partial charge on any atom is -0.233 e. The maximum atomic E-state index is 13.5. The molecule has 1 heterocycles. The lowest BCUT2D eigenvalue weighted by Gasteiger charge is -2.52. The van der Waals surface area contributed by atoms with E-state index in [0.29, 0.717) is 0 Å². The minimum absolute atomic E-state index is 2.73. The monoisotopic (exact) mass is 361 g/mol. The molecule has 14 heteroatoms. The summed E-state index contributed by atoms with van der Waals surface area (Å²) in [4.78, 5) is -2.73. The highest BCUT2D eigenvalue weighted by Crippen LogP contribution is 2.64. The van der Waals surface area contributed by atoms with Gasteiger partial charge in [-0.15, -0.1) is 4.90 Å². The van der Waals surface area contributed by atoms with Crippen LogP contribution in [0, 0.1) is 0 Å². The first-order chi connectivity index (χ1) is 9.40. The van der Waals surface area contributed by atoms with E-state index < -0.39 is 53.9 Å². The average Bonchev–Trinajstić information content (AvgIpc) is 2.23. The number of hydrogen-bond acceptors (Lipinski definition) is 1. The van der Waals surface area contributed by atoms with E-state index >= 15 is 0 Å². The number of hydrogen-bond donors (Lipinski definition) is 0. The fourth-order valence-electron chi connectivity index (χ4n) is 1.84. The number of halogens is 13.